The van der Waals surface area contributed by atoms with Crippen LogP contribution in [0.4, 0.5) is 0 Å². The Morgan fingerprint density at radius 1 is 1.35 bits per heavy atom. The van der Waals surface area contributed by atoms with Gasteiger partial charge in [-0.3, -0.25) is 4.55 Å². The van der Waals surface area contributed by atoms with Crippen molar-refractivity contribution in [1.29, 1.82) is 0 Å². The largest absolute Gasteiger partial charge is 0.379 e. The van der Waals surface area contributed by atoms with Gasteiger partial charge in [-0.1, -0.05) is 0 Å². The number of ether oxygens (including phenoxy) is 2. The minimum atomic E-state index is -3.81. The fraction of sp³-hybridized carbons (Fsp3) is 1.00. The van der Waals surface area contributed by atoms with Gasteiger partial charge in [0.25, 0.3) is 10.1 Å². The molecule has 0 aliphatic carbocycles. The van der Waals surface area contributed by atoms with Crippen LogP contribution in [0.15, 0.2) is 0 Å². The highest BCUT2D eigenvalue weighted by Crippen LogP contribution is 2.04. The molecule has 17 heavy (non-hydrogen) atoms. The molecule has 0 aromatic rings. The zero-order valence-electron chi connectivity index (χ0n) is 10.4. The summed E-state index contributed by atoms with van der Waals surface area (Å²) in [6.45, 7) is 5.84. The fourth-order valence-corrected chi connectivity index (χ4v) is 2.95. The highest BCUT2D eigenvalue weighted by molar-refractivity contribution is 8.00. The Balaban J connectivity index is 3.19. The standard InChI is InChI=1S/C10H22O5S2/c1-3-15-10(2)9-14-5-4-6-16-7-8-17(11,12)13/h10H,3-9H2,1-2H3,(H,11,12,13). The van der Waals surface area contributed by atoms with Crippen molar-refractivity contribution in [2.75, 3.05) is 37.1 Å². The van der Waals surface area contributed by atoms with E-state index in [9.17, 15) is 8.42 Å². The minimum absolute atomic E-state index is 0.118. The zero-order valence-corrected chi connectivity index (χ0v) is 12.1. The van der Waals surface area contributed by atoms with Gasteiger partial charge in [0.1, 0.15) is 0 Å². The number of thioether (sulfide) groups is 1. The van der Waals surface area contributed by atoms with E-state index in [2.05, 4.69) is 0 Å². The SMILES string of the molecule is CCOC(C)COCCCSCCS(=O)(=O)O. The highest BCUT2D eigenvalue weighted by Gasteiger charge is 2.03. The summed E-state index contributed by atoms with van der Waals surface area (Å²) >= 11 is 1.50. The Hall–Kier alpha value is 0.180. The van der Waals surface area contributed by atoms with E-state index in [4.69, 9.17) is 14.0 Å². The van der Waals surface area contributed by atoms with E-state index in [0.717, 1.165) is 12.2 Å². The molecule has 0 amide bonds. The maximum absolute atomic E-state index is 10.4. The van der Waals surface area contributed by atoms with Gasteiger partial charge in [-0.05, 0) is 26.0 Å². The van der Waals surface area contributed by atoms with Crippen LogP contribution in [0.2, 0.25) is 0 Å². The predicted octanol–water partition coefficient (Wildman–Crippen LogP) is 1.44. The average molecular weight is 286 g/mol. The molecule has 5 nitrogen and oxygen atoms in total. The summed E-state index contributed by atoms with van der Waals surface area (Å²) in [6, 6.07) is 0. The van der Waals surface area contributed by atoms with E-state index in [-0.39, 0.29) is 11.9 Å². The molecule has 1 atom stereocenters. The third-order valence-corrected chi connectivity index (χ3v) is 3.92. The lowest BCUT2D eigenvalue weighted by Gasteiger charge is -2.11. The van der Waals surface area contributed by atoms with Gasteiger partial charge >= 0.3 is 0 Å². The Bertz CT molecular complexity index is 266. The second-order valence-electron chi connectivity index (χ2n) is 3.59. The smallest absolute Gasteiger partial charge is 0.265 e. The van der Waals surface area contributed by atoms with Gasteiger partial charge in [0.15, 0.2) is 0 Å². The Morgan fingerprint density at radius 3 is 2.65 bits per heavy atom. The fourth-order valence-electron chi connectivity index (χ4n) is 1.11. The maximum atomic E-state index is 10.4. The van der Waals surface area contributed by atoms with Crippen LogP contribution in [0, 0.1) is 0 Å². The van der Waals surface area contributed by atoms with Crippen molar-refractivity contribution >= 4 is 21.9 Å². The first-order valence-corrected chi connectivity index (χ1v) is 8.44. The molecule has 0 heterocycles. The van der Waals surface area contributed by atoms with Crippen molar-refractivity contribution in [2.45, 2.75) is 26.4 Å². The van der Waals surface area contributed by atoms with E-state index >= 15 is 0 Å². The van der Waals surface area contributed by atoms with Crippen molar-refractivity contribution < 1.29 is 22.4 Å². The maximum Gasteiger partial charge on any atom is 0.265 e. The third-order valence-electron chi connectivity index (χ3n) is 1.87. The second kappa shape index (κ2) is 10.1. The van der Waals surface area contributed by atoms with Crippen molar-refractivity contribution in [3.8, 4) is 0 Å². The van der Waals surface area contributed by atoms with Crippen molar-refractivity contribution in [3.05, 3.63) is 0 Å². The monoisotopic (exact) mass is 286 g/mol. The number of hydrogen-bond acceptors (Lipinski definition) is 5. The average Bonchev–Trinajstić information content (AvgIpc) is 2.21. The first-order chi connectivity index (χ1) is 7.95. The molecular formula is C10H22O5S2. The van der Waals surface area contributed by atoms with Crippen LogP contribution in [0.3, 0.4) is 0 Å². The van der Waals surface area contributed by atoms with Crippen LogP contribution < -0.4 is 0 Å². The lowest BCUT2D eigenvalue weighted by Crippen LogP contribution is -2.16. The molecule has 0 bridgehead atoms. The van der Waals surface area contributed by atoms with Crippen LogP contribution in [0.5, 0.6) is 0 Å². The molecule has 104 valence electrons. The Labute approximate surface area is 108 Å². The third kappa shape index (κ3) is 14.1. The van der Waals surface area contributed by atoms with E-state index < -0.39 is 10.1 Å². The number of hydrogen-bond donors (Lipinski definition) is 1. The molecule has 0 saturated heterocycles. The van der Waals surface area contributed by atoms with Crippen molar-refractivity contribution in [3.63, 3.8) is 0 Å². The van der Waals surface area contributed by atoms with Gasteiger partial charge < -0.3 is 9.47 Å². The number of rotatable bonds is 11. The van der Waals surface area contributed by atoms with Gasteiger partial charge in [-0.2, -0.15) is 20.2 Å². The van der Waals surface area contributed by atoms with Gasteiger partial charge in [0.2, 0.25) is 0 Å². The second-order valence-corrected chi connectivity index (χ2v) is 6.39. The Morgan fingerprint density at radius 2 is 2.06 bits per heavy atom. The molecular weight excluding hydrogens is 264 g/mol. The summed E-state index contributed by atoms with van der Waals surface area (Å²) < 4.78 is 40.0. The van der Waals surface area contributed by atoms with Crippen LogP contribution >= 0.6 is 11.8 Å². The van der Waals surface area contributed by atoms with Gasteiger partial charge in [-0.25, -0.2) is 0 Å². The van der Waals surface area contributed by atoms with Gasteiger partial charge in [0, 0.05) is 19.0 Å². The van der Waals surface area contributed by atoms with E-state index in [0.29, 0.717) is 25.6 Å². The van der Waals surface area contributed by atoms with Gasteiger partial charge in [-0.15, -0.1) is 0 Å². The normalized spacial score (nSPS) is 13.8. The molecule has 0 radical (unpaired) electrons. The molecule has 1 unspecified atom stereocenters. The lowest BCUT2D eigenvalue weighted by atomic mass is 10.4. The van der Waals surface area contributed by atoms with Crippen LogP contribution in [-0.2, 0) is 19.6 Å². The molecule has 1 N–H and O–H groups in total. The molecule has 0 spiro atoms. The molecule has 0 aromatic carbocycles. The minimum Gasteiger partial charge on any atom is -0.379 e. The van der Waals surface area contributed by atoms with E-state index in [1.54, 1.807) is 0 Å². The quantitative estimate of drug-likeness (QED) is 0.458. The van der Waals surface area contributed by atoms with Crippen LogP contribution in [0.25, 0.3) is 0 Å². The Kier molecular flexibility index (Phi) is 10.2. The summed E-state index contributed by atoms with van der Waals surface area (Å²) in [6.07, 6.45) is 0.988. The molecule has 0 saturated carbocycles. The molecule has 0 aliphatic rings. The first kappa shape index (κ1) is 17.2. The van der Waals surface area contributed by atoms with Crippen molar-refractivity contribution in [1.82, 2.24) is 0 Å². The highest BCUT2D eigenvalue weighted by atomic mass is 32.2. The molecule has 0 aliphatic heterocycles. The first-order valence-electron chi connectivity index (χ1n) is 5.68. The van der Waals surface area contributed by atoms with Crippen LogP contribution in [0.1, 0.15) is 20.3 Å². The summed E-state index contributed by atoms with van der Waals surface area (Å²) in [7, 11) is -3.81. The zero-order chi connectivity index (χ0) is 13.1. The molecule has 0 aromatic heterocycles. The van der Waals surface area contributed by atoms with Gasteiger partial charge in [0.05, 0.1) is 18.5 Å². The summed E-state index contributed by atoms with van der Waals surface area (Å²) in [5.41, 5.74) is 0. The summed E-state index contributed by atoms with van der Waals surface area (Å²) in [5.74, 6) is 1.08. The topological polar surface area (TPSA) is 72.8 Å². The van der Waals surface area contributed by atoms with Crippen LogP contribution in [-0.4, -0.2) is 56.2 Å². The molecule has 0 fully saturated rings. The predicted molar refractivity (Wildman–Crippen MR) is 70.3 cm³/mol. The summed E-state index contributed by atoms with van der Waals surface area (Å²) in [4.78, 5) is 0. The lowest BCUT2D eigenvalue weighted by molar-refractivity contribution is -0.00106. The van der Waals surface area contributed by atoms with E-state index in [1.807, 2.05) is 13.8 Å². The van der Waals surface area contributed by atoms with Crippen molar-refractivity contribution in [2.24, 2.45) is 0 Å². The van der Waals surface area contributed by atoms with E-state index in [1.165, 1.54) is 11.8 Å². The molecule has 7 heteroatoms. The molecule has 0 rings (SSSR count). The summed E-state index contributed by atoms with van der Waals surface area (Å²) in [5, 5.41) is 0.